The van der Waals surface area contributed by atoms with Gasteiger partial charge in [-0.25, -0.2) is 4.79 Å². The lowest BCUT2D eigenvalue weighted by Gasteiger charge is -2.26. The van der Waals surface area contributed by atoms with Crippen LogP contribution in [0.3, 0.4) is 0 Å². The first-order valence-electron chi connectivity index (χ1n) is 9.50. The van der Waals surface area contributed by atoms with Crippen molar-refractivity contribution in [2.75, 3.05) is 18.6 Å². The number of anilines is 1. The van der Waals surface area contributed by atoms with Crippen LogP contribution in [0.4, 0.5) is 5.69 Å². The molecule has 0 atom stereocenters. The molecule has 0 aliphatic rings. The largest absolute Gasteiger partial charge is 0.463 e. The number of unbranched alkanes of at least 4 members (excludes halogenated alkanes) is 3. The smallest absolute Gasteiger partial charge is 0.330 e. The van der Waals surface area contributed by atoms with Gasteiger partial charge in [-0.1, -0.05) is 64.3 Å². The fourth-order valence-electron chi connectivity index (χ4n) is 2.62. The average molecular weight is 360 g/mol. The third-order valence-electron chi connectivity index (χ3n) is 4.31. The molecule has 4 nitrogen and oxygen atoms in total. The lowest BCUT2D eigenvalue weighted by molar-refractivity contribution is -0.137. The highest BCUT2D eigenvalue weighted by atomic mass is 16.5. The fraction of sp³-hybridized carbons (Fsp3) is 0.545. The average Bonchev–Trinajstić information content (AvgIpc) is 2.61. The first-order valence-corrected chi connectivity index (χ1v) is 9.50. The maximum atomic E-state index is 12.5. The number of carbonyl (C=O) groups is 2. The van der Waals surface area contributed by atoms with Crippen LogP contribution in [0.5, 0.6) is 0 Å². The van der Waals surface area contributed by atoms with E-state index in [1.54, 1.807) is 11.9 Å². The van der Waals surface area contributed by atoms with E-state index >= 15 is 0 Å². The molecule has 0 heterocycles. The summed E-state index contributed by atoms with van der Waals surface area (Å²) in [5.74, 6) is -0.238. The lowest BCUT2D eigenvalue weighted by atomic mass is 9.85. The van der Waals surface area contributed by atoms with Gasteiger partial charge in [-0.05, 0) is 30.4 Å². The van der Waals surface area contributed by atoms with Gasteiger partial charge in [0.05, 0.1) is 6.61 Å². The molecule has 0 fully saturated rings. The number of hydrogen-bond donors (Lipinski definition) is 0. The number of carbonyl (C=O) groups excluding carboxylic acids is 2. The molecule has 0 aliphatic heterocycles. The van der Waals surface area contributed by atoms with E-state index in [1.807, 2.05) is 50.3 Å². The van der Waals surface area contributed by atoms with Crippen molar-refractivity contribution in [3.8, 4) is 0 Å². The van der Waals surface area contributed by atoms with Crippen LogP contribution in [-0.2, 0) is 14.3 Å². The van der Waals surface area contributed by atoms with Crippen molar-refractivity contribution in [1.82, 2.24) is 0 Å². The van der Waals surface area contributed by atoms with Crippen molar-refractivity contribution >= 4 is 17.6 Å². The third kappa shape index (κ3) is 8.84. The Kier molecular flexibility index (Phi) is 9.71. The molecule has 0 spiro atoms. The SMILES string of the molecule is CCCCCCOC(=O)/C=C/CC(C)(C)CC(=O)N(C)c1ccccc1. The highest BCUT2D eigenvalue weighted by molar-refractivity contribution is 5.93. The van der Waals surface area contributed by atoms with E-state index in [-0.39, 0.29) is 17.3 Å². The Morgan fingerprint density at radius 3 is 2.46 bits per heavy atom. The van der Waals surface area contributed by atoms with Crippen LogP contribution in [0.1, 0.15) is 59.3 Å². The quantitative estimate of drug-likeness (QED) is 0.312. The molecule has 0 unspecified atom stereocenters. The van der Waals surface area contributed by atoms with Crippen LogP contribution < -0.4 is 4.90 Å². The number of rotatable bonds is 11. The van der Waals surface area contributed by atoms with Gasteiger partial charge in [0.25, 0.3) is 0 Å². The van der Waals surface area contributed by atoms with E-state index in [2.05, 4.69) is 6.92 Å². The molecular weight excluding hydrogens is 326 g/mol. The minimum atomic E-state index is -0.301. The van der Waals surface area contributed by atoms with E-state index in [0.29, 0.717) is 19.4 Å². The number of nitrogens with zero attached hydrogens (tertiary/aromatic N) is 1. The van der Waals surface area contributed by atoms with Gasteiger partial charge in [0.2, 0.25) is 5.91 Å². The summed E-state index contributed by atoms with van der Waals surface area (Å²) in [5.41, 5.74) is 0.661. The van der Waals surface area contributed by atoms with Crippen LogP contribution in [-0.4, -0.2) is 25.5 Å². The van der Waals surface area contributed by atoms with Gasteiger partial charge in [-0.3, -0.25) is 4.79 Å². The van der Waals surface area contributed by atoms with Crippen molar-refractivity contribution in [2.24, 2.45) is 5.41 Å². The zero-order valence-corrected chi connectivity index (χ0v) is 16.7. The maximum absolute atomic E-state index is 12.5. The van der Waals surface area contributed by atoms with E-state index in [9.17, 15) is 9.59 Å². The summed E-state index contributed by atoms with van der Waals surface area (Å²) < 4.78 is 5.18. The second-order valence-corrected chi connectivity index (χ2v) is 7.46. The van der Waals surface area contributed by atoms with Crippen molar-refractivity contribution in [3.05, 3.63) is 42.5 Å². The van der Waals surface area contributed by atoms with Gasteiger partial charge in [0.15, 0.2) is 0 Å². The van der Waals surface area contributed by atoms with Crippen LogP contribution in [0.15, 0.2) is 42.5 Å². The van der Waals surface area contributed by atoms with Crippen molar-refractivity contribution in [1.29, 1.82) is 0 Å². The summed E-state index contributed by atoms with van der Waals surface area (Å²) in [6.45, 7) is 6.69. The van der Waals surface area contributed by atoms with Crippen LogP contribution in [0.2, 0.25) is 0 Å². The highest BCUT2D eigenvalue weighted by Gasteiger charge is 2.23. The molecule has 0 aromatic heterocycles. The van der Waals surface area contributed by atoms with E-state index < -0.39 is 0 Å². The molecule has 144 valence electrons. The summed E-state index contributed by atoms with van der Waals surface area (Å²) in [6, 6.07) is 9.60. The molecule has 0 aliphatic carbocycles. The first kappa shape index (κ1) is 21.9. The third-order valence-corrected chi connectivity index (χ3v) is 4.31. The molecule has 1 rings (SSSR count). The maximum Gasteiger partial charge on any atom is 0.330 e. The normalized spacial score (nSPS) is 11.5. The van der Waals surface area contributed by atoms with Gasteiger partial charge in [-0.15, -0.1) is 0 Å². The first-order chi connectivity index (χ1) is 12.4. The molecule has 4 heteroatoms. The Bertz CT molecular complexity index is 578. The predicted octanol–water partition coefficient (Wildman–Crippen LogP) is 5.14. The van der Waals surface area contributed by atoms with Gasteiger partial charge in [0.1, 0.15) is 0 Å². The summed E-state index contributed by atoms with van der Waals surface area (Å²) >= 11 is 0. The Morgan fingerprint density at radius 1 is 1.12 bits per heavy atom. The molecule has 0 bridgehead atoms. The van der Waals surface area contributed by atoms with Crippen LogP contribution in [0.25, 0.3) is 0 Å². The second-order valence-electron chi connectivity index (χ2n) is 7.46. The molecule has 1 aromatic rings. The van der Waals surface area contributed by atoms with Crippen LogP contribution in [0, 0.1) is 5.41 Å². The molecule has 26 heavy (non-hydrogen) atoms. The number of esters is 1. The fourth-order valence-corrected chi connectivity index (χ4v) is 2.62. The standard InChI is InChI=1S/C22H33NO3/c1-5-6-7-11-17-26-21(25)15-12-16-22(2,3)18-20(24)23(4)19-13-9-8-10-14-19/h8-10,12-15H,5-7,11,16-18H2,1-4H3/b15-12+. The van der Waals surface area contributed by atoms with Gasteiger partial charge >= 0.3 is 5.97 Å². The van der Waals surface area contributed by atoms with Gasteiger partial charge < -0.3 is 9.64 Å². The number of hydrogen-bond acceptors (Lipinski definition) is 3. The number of benzene rings is 1. The van der Waals surface area contributed by atoms with E-state index in [4.69, 9.17) is 4.74 Å². The van der Waals surface area contributed by atoms with E-state index in [1.165, 1.54) is 18.9 Å². The molecule has 0 radical (unpaired) electrons. The van der Waals surface area contributed by atoms with Crippen molar-refractivity contribution in [3.63, 3.8) is 0 Å². The van der Waals surface area contributed by atoms with Crippen molar-refractivity contribution < 1.29 is 14.3 Å². The molecular formula is C22H33NO3. The number of allylic oxidation sites excluding steroid dienone is 1. The Labute approximate surface area is 158 Å². The van der Waals surface area contributed by atoms with Crippen LogP contribution >= 0.6 is 0 Å². The van der Waals surface area contributed by atoms with Crippen molar-refractivity contribution in [2.45, 2.75) is 59.3 Å². The number of amides is 1. The predicted molar refractivity (Wildman–Crippen MR) is 107 cm³/mol. The second kappa shape index (κ2) is 11.5. The minimum absolute atomic E-state index is 0.0631. The summed E-state index contributed by atoms with van der Waals surface area (Å²) in [4.78, 5) is 25.9. The van der Waals surface area contributed by atoms with Gasteiger partial charge in [0, 0.05) is 25.2 Å². The Balaban J connectivity index is 2.38. The summed E-state index contributed by atoms with van der Waals surface area (Å²) in [5, 5.41) is 0. The molecule has 0 saturated carbocycles. The lowest BCUT2D eigenvalue weighted by Crippen LogP contribution is -2.30. The van der Waals surface area contributed by atoms with Gasteiger partial charge in [-0.2, -0.15) is 0 Å². The molecule has 0 N–H and O–H groups in total. The zero-order valence-electron chi connectivity index (χ0n) is 16.7. The highest BCUT2D eigenvalue weighted by Crippen LogP contribution is 2.27. The zero-order chi connectivity index (χ0) is 19.4. The minimum Gasteiger partial charge on any atom is -0.463 e. The van der Waals surface area contributed by atoms with E-state index in [0.717, 1.165) is 18.5 Å². The Morgan fingerprint density at radius 2 is 1.81 bits per heavy atom. The molecule has 1 amide bonds. The summed E-state index contributed by atoms with van der Waals surface area (Å²) in [6.07, 6.45) is 8.70. The Hall–Kier alpha value is -2.10. The number of ether oxygens (including phenoxy) is 1. The topological polar surface area (TPSA) is 46.6 Å². The summed E-state index contributed by atoms with van der Waals surface area (Å²) in [7, 11) is 1.79. The number of para-hydroxylation sites is 1. The molecule has 1 aromatic carbocycles. The monoisotopic (exact) mass is 359 g/mol. The molecule has 0 saturated heterocycles.